The van der Waals surface area contributed by atoms with Crippen molar-refractivity contribution >= 4 is 28.7 Å². The zero-order valence-corrected chi connectivity index (χ0v) is 12.5. The Labute approximate surface area is 123 Å². The molecule has 0 unspecified atom stereocenters. The summed E-state index contributed by atoms with van der Waals surface area (Å²) in [6.07, 6.45) is 4.33. The van der Waals surface area contributed by atoms with E-state index in [2.05, 4.69) is 15.8 Å². The average Bonchev–Trinajstić information content (AvgIpc) is 3.08. The molecule has 0 bridgehead atoms. The van der Waals surface area contributed by atoms with E-state index < -0.39 is 0 Å². The van der Waals surface area contributed by atoms with Crippen LogP contribution in [0.2, 0.25) is 0 Å². The molecule has 1 aliphatic rings. The van der Waals surface area contributed by atoms with Crippen molar-refractivity contribution in [1.82, 2.24) is 14.5 Å². The first kappa shape index (κ1) is 13.5. The van der Waals surface area contributed by atoms with Crippen molar-refractivity contribution in [2.75, 3.05) is 19.3 Å². The fourth-order valence-corrected chi connectivity index (χ4v) is 3.22. The van der Waals surface area contributed by atoms with Gasteiger partial charge in [-0.3, -0.25) is 4.79 Å². The molecule has 20 heavy (non-hydrogen) atoms. The molecule has 1 aromatic heterocycles. The van der Waals surface area contributed by atoms with E-state index in [1.165, 1.54) is 0 Å². The molecule has 0 radical (unpaired) electrons. The summed E-state index contributed by atoms with van der Waals surface area (Å²) >= 11 is 1.74. The summed E-state index contributed by atoms with van der Waals surface area (Å²) in [5, 5.41) is 0. The van der Waals surface area contributed by atoms with Gasteiger partial charge in [-0.2, -0.15) is 11.8 Å². The van der Waals surface area contributed by atoms with E-state index >= 15 is 0 Å². The van der Waals surface area contributed by atoms with E-state index in [0.717, 1.165) is 48.5 Å². The van der Waals surface area contributed by atoms with E-state index in [0.29, 0.717) is 6.54 Å². The lowest BCUT2D eigenvalue weighted by molar-refractivity contribution is -0.130. The Bertz CT molecular complexity index is 617. The van der Waals surface area contributed by atoms with Crippen molar-refractivity contribution in [3.63, 3.8) is 0 Å². The van der Waals surface area contributed by atoms with Gasteiger partial charge in [0.05, 0.1) is 16.8 Å². The molecule has 0 saturated carbocycles. The quantitative estimate of drug-likeness (QED) is 0.868. The van der Waals surface area contributed by atoms with Crippen LogP contribution >= 0.6 is 11.8 Å². The summed E-state index contributed by atoms with van der Waals surface area (Å²) in [4.78, 5) is 19.0. The molecule has 4 nitrogen and oxygen atoms in total. The molecule has 3 rings (SSSR count). The average molecular weight is 289 g/mol. The number of para-hydroxylation sites is 2. The fourth-order valence-electron chi connectivity index (χ4n) is 2.74. The lowest BCUT2D eigenvalue weighted by Gasteiger charge is -2.17. The summed E-state index contributed by atoms with van der Waals surface area (Å²) in [5.74, 6) is 2.04. The molecule has 106 valence electrons. The smallest absolute Gasteiger partial charge is 0.242 e. The molecule has 1 saturated heterocycles. The van der Waals surface area contributed by atoms with E-state index in [4.69, 9.17) is 0 Å². The van der Waals surface area contributed by atoms with Crippen molar-refractivity contribution < 1.29 is 4.79 Å². The molecule has 1 aromatic carbocycles. The van der Waals surface area contributed by atoms with E-state index in [1.807, 2.05) is 29.2 Å². The van der Waals surface area contributed by atoms with Gasteiger partial charge in [-0.15, -0.1) is 0 Å². The molecular formula is C15H19N3OS. The van der Waals surface area contributed by atoms with Crippen LogP contribution in [0.15, 0.2) is 24.3 Å². The Kier molecular flexibility index (Phi) is 3.96. The molecule has 1 amide bonds. The van der Waals surface area contributed by atoms with Crippen molar-refractivity contribution in [3.8, 4) is 0 Å². The Morgan fingerprint density at radius 1 is 1.30 bits per heavy atom. The number of aromatic nitrogens is 2. The molecule has 5 heteroatoms. The van der Waals surface area contributed by atoms with Crippen molar-refractivity contribution in [3.05, 3.63) is 30.1 Å². The van der Waals surface area contributed by atoms with Crippen LogP contribution in [0.5, 0.6) is 0 Å². The Morgan fingerprint density at radius 2 is 2.05 bits per heavy atom. The number of hydrogen-bond acceptors (Lipinski definition) is 3. The zero-order valence-electron chi connectivity index (χ0n) is 11.7. The van der Waals surface area contributed by atoms with Gasteiger partial charge in [-0.1, -0.05) is 12.1 Å². The van der Waals surface area contributed by atoms with Crippen LogP contribution in [0, 0.1) is 0 Å². The topological polar surface area (TPSA) is 38.1 Å². The SMILES string of the molecule is CSCc1nc2ccccc2n1CC(=O)N1CCCC1. The first-order valence-corrected chi connectivity index (χ1v) is 8.40. The van der Waals surface area contributed by atoms with Crippen molar-refractivity contribution in [2.45, 2.75) is 25.1 Å². The third-order valence-corrected chi connectivity index (χ3v) is 4.31. The number of carbonyl (C=O) groups is 1. The highest BCUT2D eigenvalue weighted by atomic mass is 32.2. The van der Waals surface area contributed by atoms with Gasteiger partial charge >= 0.3 is 0 Å². The summed E-state index contributed by atoms with van der Waals surface area (Å²) in [5.41, 5.74) is 2.04. The number of amides is 1. The van der Waals surface area contributed by atoms with Crippen LogP contribution < -0.4 is 0 Å². The van der Waals surface area contributed by atoms with E-state index in [9.17, 15) is 4.79 Å². The summed E-state index contributed by atoms with van der Waals surface area (Å²) < 4.78 is 2.08. The molecule has 1 fully saturated rings. The maximum absolute atomic E-state index is 12.4. The molecular weight excluding hydrogens is 270 g/mol. The summed E-state index contributed by atoms with van der Waals surface area (Å²) in [6, 6.07) is 8.05. The second-order valence-electron chi connectivity index (χ2n) is 5.12. The minimum atomic E-state index is 0.216. The molecule has 1 aliphatic heterocycles. The summed E-state index contributed by atoms with van der Waals surface area (Å²) in [6.45, 7) is 2.23. The predicted molar refractivity (Wildman–Crippen MR) is 82.8 cm³/mol. The molecule has 0 N–H and O–H groups in total. The van der Waals surface area contributed by atoms with Gasteiger partial charge in [0, 0.05) is 13.1 Å². The Hall–Kier alpha value is -1.49. The minimum absolute atomic E-state index is 0.216. The molecule has 0 aliphatic carbocycles. The van der Waals surface area contributed by atoms with Gasteiger partial charge in [-0.05, 0) is 31.2 Å². The highest BCUT2D eigenvalue weighted by Crippen LogP contribution is 2.19. The number of benzene rings is 1. The molecule has 2 aromatic rings. The largest absolute Gasteiger partial charge is 0.341 e. The van der Waals surface area contributed by atoms with Crippen LogP contribution in [0.3, 0.4) is 0 Å². The number of carbonyl (C=O) groups excluding carboxylic acids is 1. The van der Waals surface area contributed by atoms with Gasteiger partial charge in [0.2, 0.25) is 5.91 Å². The fraction of sp³-hybridized carbons (Fsp3) is 0.467. The van der Waals surface area contributed by atoms with Crippen LogP contribution in [-0.2, 0) is 17.1 Å². The minimum Gasteiger partial charge on any atom is -0.341 e. The number of thioether (sulfide) groups is 1. The maximum atomic E-state index is 12.4. The predicted octanol–water partition coefficient (Wildman–Crippen LogP) is 2.52. The highest BCUT2D eigenvalue weighted by Gasteiger charge is 2.20. The van der Waals surface area contributed by atoms with Crippen LogP contribution in [0.1, 0.15) is 18.7 Å². The monoisotopic (exact) mass is 289 g/mol. The van der Waals surface area contributed by atoms with Crippen molar-refractivity contribution in [1.29, 1.82) is 0 Å². The Morgan fingerprint density at radius 3 is 2.80 bits per heavy atom. The van der Waals surface area contributed by atoms with Crippen LogP contribution in [-0.4, -0.2) is 39.7 Å². The highest BCUT2D eigenvalue weighted by molar-refractivity contribution is 7.97. The number of fused-ring (bicyclic) bond motifs is 1. The molecule has 0 atom stereocenters. The normalized spacial score (nSPS) is 15.2. The third kappa shape index (κ3) is 2.54. The first-order chi connectivity index (χ1) is 9.79. The second-order valence-corrected chi connectivity index (χ2v) is 5.99. The van der Waals surface area contributed by atoms with E-state index in [1.54, 1.807) is 11.8 Å². The molecule has 2 heterocycles. The van der Waals surface area contributed by atoms with Crippen molar-refractivity contribution in [2.24, 2.45) is 0 Å². The number of imidazole rings is 1. The first-order valence-electron chi connectivity index (χ1n) is 7.00. The third-order valence-electron chi connectivity index (χ3n) is 3.76. The zero-order chi connectivity index (χ0) is 13.9. The number of rotatable bonds is 4. The lowest BCUT2D eigenvalue weighted by atomic mass is 10.3. The number of likely N-dealkylation sites (tertiary alicyclic amines) is 1. The van der Waals surface area contributed by atoms with E-state index in [-0.39, 0.29) is 5.91 Å². The van der Waals surface area contributed by atoms with Gasteiger partial charge in [0.25, 0.3) is 0 Å². The second kappa shape index (κ2) is 5.87. The lowest BCUT2D eigenvalue weighted by Crippen LogP contribution is -2.31. The molecule has 0 spiro atoms. The number of hydrogen-bond donors (Lipinski definition) is 0. The standard InChI is InChI=1S/C15H19N3OS/c1-20-11-14-16-12-6-2-3-7-13(12)18(14)10-15(19)17-8-4-5-9-17/h2-3,6-7H,4-5,8-11H2,1H3. The van der Waals surface area contributed by atoms with Crippen LogP contribution in [0.25, 0.3) is 11.0 Å². The van der Waals surface area contributed by atoms with Gasteiger partial charge < -0.3 is 9.47 Å². The van der Waals surface area contributed by atoms with Gasteiger partial charge in [0.1, 0.15) is 12.4 Å². The van der Waals surface area contributed by atoms with Gasteiger partial charge in [0.15, 0.2) is 0 Å². The maximum Gasteiger partial charge on any atom is 0.242 e. The van der Waals surface area contributed by atoms with Gasteiger partial charge in [-0.25, -0.2) is 4.98 Å². The number of nitrogens with zero attached hydrogens (tertiary/aromatic N) is 3. The van der Waals surface area contributed by atoms with Crippen LogP contribution in [0.4, 0.5) is 0 Å². The Balaban J connectivity index is 1.91. The summed E-state index contributed by atoms with van der Waals surface area (Å²) in [7, 11) is 0.